The number of rotatable bonds is 5. The van der Waals surface area contributed by atoms with E-state index in [1.54, 1.807) is 34.0 Å². The van der Waals surface area contributed by atoms with Crippen LogP contribution in [0.4, 0.5) is 0 Å². The van der Waals surface area contributed by atoms with Gasteiger partial charge in [-0.05, 0) is 55.0 Å². The number of hydrogen-bond donors (Lipinski definition) is 1. The van der Waals surface area contributed by atoms with Crippen molar-refractivity contribution < 1.29 is 4.79 Å². The lowest BCUT2D eigenvalue weighted by Crippen LogP contribution is -2.26. The summed E-state index contributed by atoms with van der Waals surface area (Å²) in [5.41, 5.74) is 3.45. The zero-order valence-electron chi connectivity index (χ0n) is 14.7. The topological polar surface area (TPSA) is 77.6 Å². The van der Waals surface area contributed by atoms with Crippen LogP contribution in [-0.2, 0) is 0 Å². The maximum atomic E-state index is 12.5. The minimum atomic E-state index is -0.118. The van der Waals surface area contributed by atoms with Crippen LogP contribution in [0.2, 0.25) is 0 Å². The van der Waals surface area contributed by atoms with Crippen LogP contribution in [0.5, 0.6) is 0 Å². The Morgan fingerprint density at radius 3 is 2.30 bits per heavy atom. The maximum absolute atomic E-state index is 12.5. The molecule has 2 heterocycles. The van der Waals surface area contributed by atoms with E-state index in [4.69, 9.17) is 0 Å². The first-order valence-electron chi connectivity index (χ1n) is 8.56. The molecule has 0 spiro atoms. The molecule has 27 heavy (non-hydrogen) atoms. The van der Waals surface area contributed by atoms with E-state index in [0.717, 1.165) is 16.9 Å². The van der Waals surface area contributed by atoms with E-state index in [2.05, 4.69) is 20.5 Å². The van der Waals surface area contributed by atoms with Crippen molar-refractivity contribution >= 4 is 5.91 Å². The van der Waals surface area contributed by atoms with E-state index in [0.29, 0.717) is 5.56 Å². The van der Waals surface area contributed by atoms with Crippen molar-refractivity contribution in [3.8, 4) is 11.4 Å². The van der Waals surface area contributed by atoms with Gasteiger partial charge in [-0.25, -0.2) is 14.3 Å². The number of hydrogen-bond acceptors (Lipinski definition) is 4. The van der Waals surface area contributed by atoms with E-state index in [1.165, 1.54) is 6.33 Å². The van der Waals surface area contributed by atoms with Crippen molar-refractivity contribution in [3.63, 3.8) is 0 Å². The van der Waals surface area contributed by atoms with Crippen LogP contribution in [-0.4, -0.2) is 30.5 Å². The summed E-state index contributed by atoms with van der Waals surface area (Å²) >= 11 is 0. The highest BCUT2D eigenvalue weighted by molar-refractivity contribution is 5.94. The zero-order chi connectivity index (χ0) is 18.6. The molecular weight excluding hydrogens is 340 g/mol. The van der Waals surface area contributed by atoms with Gasteiger partial charge in [-0.3, -0.25) is 4.79 Å². The minimum absolute atomic E-state index is 0.116. The third kappa shape index (κ3) is 3.62. The fraction of sp³-hybridized carbons (Fsp3) is 0.100. The van der Waals surface area contributed by atoms with E-state index in [9.17, 15) is 4.79 Å². The van der Waals surface area contributed by atoms with Crippen molar-refractivity contribution in [2.24, 2.45) is 0 Å². The molecule has 1 N–H and O–H groups in total. The lowest BCUT2D eigenvalue weighted by atomic mass is 10.1. The second-order valence-corrected chi connectivity index (χ2v) is 6.12. The molecule has 0 aliphatic rings. The quantitative estimate of drug-likeness (QED) is 0.595. The van der Waals surface area contributed by atoms with Crippen LogP contribution in [0, 0.1) is 0 Å². The van der Waals surface area contributed by atoms with Gasteiger partial charge in [0, 0.05) is 18.0 Å². The summed E-state index contributed by atoms with van der Waals surface area (Å²) in [7, 11) is 0. The molecule has 0 saturated heterocycles. The van der Waals surface area contributed by atoms with Crippen molar-refractivity contribution in [1.82, 2.24) is 29.9 Å². The highest BCUT2D eigenvalue weighted by Crippen LogP contribution is 2.16. The number of nitrogens with zero attached hydrogens (tertiary/aromatic N) is 5. The van der Waals surface area contributed by atoms with Crippen LogP contribution in [0.15, 0.2) is 79.6 Å². The lowest BCUT2D eigenvalue weighted by Gasteiger charge is -2.15. The second-order valence-electron chi connectivity index (χ2n) is 6.12. The monoisotopic (exact) mass is 358 g/mol. The Labute approximate surface area is 156 Å². The van der Waals surface area contributed by atoms with Crippen LogP contribution in [0.1, 0.15) is 28.9 Å². The first-order valence-corrected chi connectivity index (χ1v) is 8.56. The van der Waals surface area contributed by atoms with E-state index < -0.39 is 0 Å². The van der Waals surface area contributed by atoms with Gasteiger partial charge in [0.05, 0.1) is 17.4 Å². The average Bonchev–Trinajstić information content (AvgIpc) is 3.42. The van der Waals surface area contributed by atoms with Gasteiger partial charge in [-0.1, -0.05) is 12.1 Å². The predicted molar refractivity (Wildman–Crippen MR) is 101 cm³/mol. The first-order chi connectivity index (χ1) is 13.2. The number of carbonyl (C=O) groups excluding carboxylic acids is 1. The second kappa shape index (κ2) is 7.25. The van der Waals surface area contributed by atoms with Gasteiger partial charge in [0.25, 0.3) is 5.91 Å². The molecular formula is C20H18N6O. The molecule has 0 radical (unpaired) electrons. The molecule has 0 bridgehead atoms. The summed E-state index contributed by atoms with van der Waals surface area (Å²) in [4.78, 5) is 16.5. The summed E-state index contributed by atoms with van der Waals surface area (Å²) in [6, 6.07) is 16.9. The molecule has 1 unspecified atom stereocenters. The summed E-state index contributed by atoms with van der Waals surface area (Å²) in [6.07, 6.45) is 6.72. The number of benzene rings is 2. The van der Waals surface area contributed by atoms with Crippen LogP contribution >= 0.6 is 0 Å². The Morgan fingerprint density at radius 1 is 0.963 bits per heavy atom. The number of aromatic nitrogens is 5. The Kier molecular flexibility index (Phi) is 4.49. The van der Waals surface area contributed by atoms with E-state index >= 15 is 0 Å². The van der Waals surface area contributed by atoms with Gasteiger partial charge in [0.2, 0.25) is 0 Å². The third-order valence-corrected chi connectivity index (χ3v) is 4.32. The highest BCUT2D eigenvalue weighted by atomic mass is 16.1. The molecule has 0 fully saturated rings. The van der Waals surface area contributed by atoms with Crippen LogP contribution < -0.4 is 5.32 Å². The van der Waals surface area contributed by atoms with Crippen molar-refractivity contribution in [2.45, 2.75) is 13.0 Å². The van der Waals surface area contributed by atoms with Crippen molar-refractivity contribution in [3.05, 3.63) is 90.8 Å². The molecule has 0 aliphatic carbocycles. The standard InChI is InChI=1S/C20H18N6O/c1-15(16-3-7-19(8-4-16)26-14-21-13-23-26)24-20(27)17-5-9-18(10-6-17)25-12-2-11-22-25/h2-15H,1H3,(H,24,27). The van der Waals surface area contributed by atoms with Crippen LogP contribution in [0.3, 0.4) is 0 Å². The average molecular weight is 358 g/mol. The van der Waals surface area contributed by atoms with Crippen LogP contribution in [0.25, 0.3) is 11.4 Å². The van der Waals surface area contributed by atoms with Gasteiger partial charge in [0.15, 0.2) is 0 Å². The summed E-state index contributed by atoms with van der Waals surface area (Å²) < 4.78 is 3.44. The molecule has 134 valence electrons. The first kappa shape index (κ1) is 16.7. The molecule has 4 rings (SSSR count). The molecule has 4 aromatic rings. The van der Waals surface area contributed by atoms with E-state index in [1.807, 2.05) is 55.6 Å². The molecule has 0 saturated carbocycles. The molecule has 2 aromatic carbocycles. The number of nitrogens with one attached hydrogen (secondary N) is 1. The van der Waals surface area contributed by atoms with Gasteiger partial charge in [0.1, 0.15) is 12.7 Å². The maximum Gasteiger partial charge on any atom is 0.251 e. The summed E-state index contributed by atoms with van der Waals surface area (Å²) in [5.74, 6) is -0.116. The minimum Gasteiger partial charge on any atom is -0.346 e. The van der Waals surface area contributed by atoms with Gasteiger partial charge in [-0.15, -0.1) is 0 Å². The molecule has 0 aliphatic heterocycles. The SMILES string of the molecule is CC(NC(=O)c1ccc(-n2cccn2)cc1)c1ccc(-n2cncn2)cc1. The smallest absolute Gasteiger partial charge is 0.251 e. The fourth-order valence-electron chi connectivity index (χ4n) is 2.81. The molecule has 7 nitrogen and oxygen atoms in total. The Hall–Kier alpha value is -3.74. The molecule has 2 aromatic heterocycles. The normalized spacial score (nSPS) is 11.9. The zero-order valence-corrected chi connectivity index (χ0v) is 14.7. The Morgan fingerprint density at radius 2 is 1.67 bits per heavy atom. The number of carbonyl (C=O) groups is 1. The molecule has 1 atom stereocenters. The van der Waals surface area contributed by atoms with Gasteiger partial charge >= 0.3 is 0 Å². The molecule has 1 amide bonds. The highest BCUT2D eigenvalue weighted by Gasteiger charge is 2.12. The predicted octanol–water partition coefficient (Wildman–Crippen LogP) is 2.94. The summed E-state index contributed by atoms with van der Waals surface area (Å²) in [6.45, 7) is 1.96. The number of amides is 1. The Bertz CT molecular complexity index is 1010. The van der Waals surface area contributed by atoms with Crippen molar-refractivity contribution in [1.29, 1.82) is 0 Å². The fourth-order valence-corrected chi connectivity index (χ4v) is 2.81. The van der Waals surface area contributed by atoms with Crippen molar-refractivity contribution in [2.75, 3.05) is 0 Å². The van der Waals surface area contributed by atoms with E-state index in [-0.39, 0.29) is 11.9 Å². The molecule has 7 heteroatoms. The Balaban J connectivity index is 1.43. The third-order valence-electron chi connectivity index (χ3n) is 4.32. The largest absolute Gasteiger partial charge is 0.346 e. The lowest BCUT2D eigenvalue weighted by molar-refractivity contribution is 0.0940. The van der Waals surface area contributed by atoms with Gasteiger partial charge < -0.3 is 5.32 Å². The summed E-state index contributed by atoms with van der Waals surface area (Å²) in [5, 5.41) is 11.3. The van der Waals surface area contributed by atoms with Gasteiger partial charge in [-0.2, -0.15) is 10.2 Å².